The largest absolute Gasteiger partial charge is 0.310 e. The molecule has 1 unspecified atom stereocenters. The van der Waals surface area contributed by atoms with Crippen molar-refractivity contribution in [3.8, 4) is 5.69 Å². The SMILES string of the molecule is Cc1nn(-c2ccccc2)c2c1C(c1cnn(C)c1C)SCC(=O)N2. The van der Waals surface area contributed by atoms with E-state index in [0.29, 0.717) is 5.75 Å². The number of para-hydroxylation sites is 1. The second kappa shape index (κ2) is 6.07. The molecular weight excluding hydrogens is 334 g/mol. The molecule has 0 aliphatic carbocycles. The molecule has 0 fully saturated rings. The van der Waals surface area contributed by atoms with Gasteiger partial charge in [0.15, 0.2) is 0 Å². The highest BCUT2D eigenvalue weighted by Gasteiger charge is 2.32. The fraction of sp³-hybridized carbons (Fsp3) is 0.278. The summed E-state index contributed by atoms with van der Waals surface area (Å²) in [6.07, 6.45) is 1.89. The Hall–Kier alpha value is -2.54. The van der Waals surface area contributed by atoms with Gasteiger partial charge >= 0.3 is 0 Å². The smallest absolute Gasteiger partial charge is 0.235 e. The lowest BCUT2D eigenvalue weighted by Gasteiger charge is -2.14. The highest BCUT2D eigenvalue weighted by Crippen LogP contribution is 2.44. The molecule has 0 saturated carbocycles. The Balaban J connectivity index is 1.92. The number of nitrogens with zero attached hydrogens (tertiary/aromatic N) is 4. The number of carbonyl (C=O) groups excluding carboxylic acids is 1. The summed E-state index contributed by atoms with van der Waals surface area (Å²) in [6.45, 7) is 4.05. The summed E-state index contributed by atoms with van der Waals surface area (Å²) in [5.74, 6) is 1.15. The zero-order valence-corrected chi connectivity index (χ0v) is 15.2. The number of aryl methyl sites for hydroxylation is 2. The van der Waals surface area contributed by atoms with E-state index in [1.165, 1.54) is 0 Å². The lowest BCUT2D eigenvalue weighted by molar-refractivity contribution is -0.113. The third-order valence-corrected chi connectivity index (χ3v) is 5.82. The number of hydrogen-bond acceptors (Lipinski definition) is 4. The first-order chi connectivity index (χ1) is 12.1. The van der Waals surface area contributed by atoms with Crippen LogP contribution in [-0.2, 0) is 11.8 Å². The number of aromatic nitrogens is 4. The standard InChI is InChI=1S/C18H19N5OS/c1-11-16-17(14-9-19-22(3)12(14)2)25-10-15(24)20-18(16)23(21-11)13-7-5-4-6-8-13/h4-9,17H,10H2,1-3H3,(H,20,24). The zero-order chi connectivity index (χ0) is 17.6. The van der Waals surface area contributed by atoms with Crippen LogP contribution >= 0.6 is 11.8 Å². The van der Waals surface area contributed by atoms with Crippen LogP contribution in [0.15, 0.2) is 36.5 Å². The van der Waals surface area contributed by atoms with Crippen molar-refractivity contribution in [2.24, 2.45) is 7.05 Å². The fourth-order valence-electron chi connectivity index (χ4n) is 3.16. The first-order valence-electron chi connectivity index (χ1n) is 8.11. The lowest BCUT2D eigenvalue weighted by atomic mass is 10.0. The van der Waals surface area contributed by atoms with Gasteiger partial charge in [0, 0.05) is 23.9 Å². The molecule has 3 aromatic rings. The van der Waals surface area contributed by atoms with Crippen molar-refractivity contribution in [3.05, 3.63) is 59.0 Å². The Kier molecular flexibility index (Phi) is 3.88. The van der Waals surface area contributed by atoms with Crippen LogP contribution in [0.5, 0.6) is 0 Å². The van der Waals surface area contributed by atoms with E-state index in [4.69, 9.17) is 5.10 Å². The summed E-state index contributed by atoms with van der Waals surface area (Å²) >= 11 is 1.62. The second-order valence-corrected chi connectivity index (χ2v) is 7.24. The molecule has 1 aliphatic heterocycles. The van der Waals surface area contributed by atoms with Gasteiger partial charge in [-0.1, -0.05) is 18.2 Å². The summed E-state index contributed by atoms with van der Waals surface area (Å²) in [4.78, 5) is 12.3. The Morgan fingerprint density at radius 3 is 2.68 bits per heavy atom. The van der Waals surface area contributed by atoms with Gasteiger partial charge < -0.3 is 5.32 Å². The summed E-state index contributed by atoms with van der Waals surface area (Å²) in [7, 11) is 1.94. The van der Waals surface area contributed by atoms with Gasteiger partial charge in [-0.25, -0.2) is 4.68 Å². The monoisotopic (exact) mass is 353 g/mol. The Labute approximate surface area is 150 Å². The molecule has 0 spiro atoms. The maximum absolute atomic E-state index is 12.3. The van der Waals surface area contributed by atoms with E-state index in [1.54, 1.807) is 11.8 Å². The van der Waals surface area contributed by atoms with E-state index < -0.39 is 0 Å². The predicted octanol–water partition coefficient (Wildman–Crippen LogP) is 3.00. The van der Waals surface area contributed by atoms with Crippen LogP contribution in [0.3, 0.4) is 0 Å². The molecular formula is C18H19N5OS. The topological polar surface area (TPSA) is 64.7 Å². The average molecular weight is 353 g/mol. The number of thioether (sulfide) groups is 1. The summed E-state index contributed by atoms with van der Waals surface area (Å²) in [5.41, 5.74) is 5.13. The minimum absolute atomic E-state index is 0.00706. The number of rotatable bonds is 2. The van der Waals surface area contributed by atoms with Crippen molar-refractivity contribution in [2.45, 2.75) is 19.1 Å². The van der Waals surface area contributed by atoms with Crippen LogP contribution in [-0.4, -0.2) is 31.2 Å². The van der Waals surface area contributed by atoms with Crippen molar-refractivity contribution in [1.82, 2.24) is 19.6 Å². The number of nitrogens with one attached hydrogen (secondary N) is 1. The van der Waals surface area contributed by atoms with Crippen molar-refractivity contribution < 1.29 is 4.79 Å². The van der Waals surface area contributed by atoms with Crippen molar-refractivity contribution in [2.75, 3.05) is 11.1 Å². The highest BCUT2D eigenvalue weighted by atomic mass is 32.2. The van der Waals surface area contributed by atoms with Crippen molar-refractivity contribution >= 4 is 23.5 Å². The molecule has 4 rings (SSSR count). The number of carbonyl (C=O) groups is 1. The van der Waals surface area contributed by atoms with E-state index >= 15 is 0 Å². The normalized spacial score (nSPS) is 17.1. The number of hydrogen-bond donors (Lipinski definition) is 1. The number of amides is 1. The minimum atomic E-state index is -0.00706. The predicted molar refractivity (Wildman–Crippen MR) is 99.2 cm³/mol. The van der Waals surface area contributed by atoms with Crippen LogP contribution < -0.4 is 5.32 Å². The molecule has 2 aromatic heterocycles. The maximum Gasteiger partial charge on any atom is 0.235 e. The van der Waals surface area contributed by atoms with E-state index in [9.17, 15) is 4.79 Å². The molecule has 1 atom stereocenters. The van der Waals surface area contributed by atoms with Crippen LogP contribution in [0.25, 0.3) is 5.69 Å². The molecule has 6 nitrogen and oxygen atoms in total. The summed E-state index contributed by atoms with van der Waals surface area (Å²) in [5, 5.41) is 12.2. The molecule has 0 radical (unpaired) electrons. The first kappa shape index (κ1) is 16.0. The quantitative estimate of drug-likeness (QED) is 0.769. The van der Waals surface area contributed by atoms with Crippen LogP contribution in [0, 0.1) is 13.8 Å². The molecule has 7 heteroatoms. The summed E-state index contributed by atoms with van der Waals surface area (Å²) in [6, 6.07) is 9.88. The van der Waals surface area contributed by atoms with Crippen LogP contribution in [0.2, 0.25) is 0 Å². The molecule has 1 aromatic carbocycles. The van der Waals surface area contributed by atoms with E-state index in [0.717, 1.165) is 34.0 Å². The van der Waals surface area contributed by atoms with Crippen molar-refractivity contribution in [3.63, 3.8) is 0 Å². The van der Waals surface area contributed by atoms with E-state index in [-0.39, 0.29) is 11.2 Å². The molecule has 1 N–H and O–H groups in total. The zero-order valence-electron chi connectivity index (χ0n) is 14.4. The highest BCUT2D eigenvalue weighted by molar-refractivity contribution is 8.00. The number of anilines is 1. The van der Waals surface area contributed by atoms with Gasteiger partial charge in [0.1, 0.15) is 5.82 Å². The molecule has 1 aliphatic rings. The summed E-state index contributed by atoms with van der Waals surface area (Å²) < 4.78 is 3.69. The molecule has 3 heterocycles. The molecule has 0 bridgehead atoms. The Bertz CT molecular complexity index is 944. The van der Waals surface area contributed by atoms with Gasteiger partial charge in [-0.05, 0) is 26.0 Å². The Morgan fingerprint density at radius 1 is 1.24 bits per heavy atom. The van der Waals surface area contributed by atoms with Gasteiger partial charge in [0.2, 0.25) is 5.91 Å². The molecule has 25 heavy (non-hydrogen) atoms. The first-order valence-corrected chi connectivity index (χ1v) is 9.16. The van der Waals surface area contributed by atoms with Gasteiger partial charge in [-0.3, -0.25) is 9.48 Å². The minimum Gasteiger partial charge on any atom is -0.310 e. The van der Waals surface area contributed by atoms with Crippen LogP contribution in [0.4, 0.5) is 5.82 Å². The van der Waals surface area contributed by atoms with Gasteiger partial charge in [-0.15, -0.1) is 11.8 Å². The molecule has 0 saturated heterocycles. The van der Waals surface area contributed by atoms with Gasteiger partial charge in [-0.2, -0.15) is 10.2 Å². The fourth-order valence-corrected chi connectivity index (χ4v) is 4.41. The maximum atomic E-state index is 12.3. The van der Waals surface area contributed by atoms with Crippen molar-refractivity contribution in [1.29, 1.82) is 0 Å². The van der Waals surface area contributed by atoms with E-state index in [2.05, 4.69) is 17.3 Å². The van der Waals surface area contributed by atoms with E-state index in [1.807, 2.05) is 59.9 Å². The third-order valence-electron chi connectivity index (χ3n) is 4.56. The molecule has 1 amide bonds. The Morgan fingerprint density at radius 2 is 2.00 bits per heavy atom. The number of benzene rings is 1. The lowest BCUT2D eigenvalue weighted by Crippen LogP contribution is -2.15. The molecule has 128 valence electrons. The van der Waals surface area contributed by atoms with Gasteiger partial charge in [0.05, 0.1) is 28.6 Å². The van der Waals surface area contributed by atoms with Crippen LogP contribution in [0.1, 0.15) is 27.8 Å². The average Bonchev–Trinajstić information content (AvgIpc) is 3.04. The van der Waals surface area contributed by atoms with Gasteiger partial charge in [0.25, 0.3) is 0 Å². The second-order valence-electron chi connectivity index (χ2n) is 6.14. The third kappa shape index (κ3) is 2.64. The number of fused-ring (bicyclic) bond motifs is 1.